The summed E-state index contributed by atoms with van der Waals surface area (Å²) in [5, 5.41) is 27.7. The molecule has 4 aromatic rings. The fraction of sp³-hybridized carbons (Fsp3) is 0.250. The fourth-order valence-electron chi connectivity index (χ4n) is 6.57. The molecule has 0 aromatic heterocycles. The third-order valence-corrected chi connectivity index (χ3v) is 9.69. The summed E-state index contributed by atoms with van der Waals surface area (Å²) in [6.45, 7) is 4.10. The minimum Gasteiger partial charge on any atom is -0.508 e. The number of hydrogen-bond acceptors (Lipinski definition) is 9. The Balaban J connectivity index is 0.000000244. The number of aromatic hydroxyl groups is 3. The Hall–Kier alpha value is -7.00. The lowest BCUT2D eigenvalue weighted by molar-refractivity contribution is -0.127. The molecule has 0 unspecified atom stereocenters. The van der Waals surface area contributed by atoms with E-state index in [-0.39, 0.29) is 59.1 Å². The lowest BCUT2D eigenvalue weighted by Crippen LogP contribution is -2.34. The van der Waals surface area contributed by atoms with Crippen LogP contribution in [0.25, 0.3) is 24.3 Å². The summed E-state index contributed by atoms with van der Waals surface area (Å²) < 4.78 is 21.2. The number of benzene rings is 4. The number of phenols is 3. The Bertz CT molecular complexity index is 2060. The van der Waals surface area contributed by atoms with Gasteiger partial charge in [0.2, 0.25) is 25.4 Å². The molecule has 2 fully saturated rings. The maximum Gasteiger partial charge on any atom is 0.246 e. The summed E-state index contributed by atoms with van der Waals surface area (Å²) in [5.41, 5.74) is 3.67. The Morgan fingerprint density at radius 2 is 0.823 bits per heavy atom. The predicted molar refractivity (Wildman–Crippen MR) is 240 cm³/mol. The highest BCUT2D eigenvalue weighted by molar-refractivity contribution is 5.88. The van der Waals surface area contributed by atoms with Gasteiger partial charge in [0.05, 0.1) is 0 Å². The quantitative estimate of drug-likeness (QED) is 0.0997. The van der Waals surface area contributed by atoms with E-state index >= 15 is 0 Å². The summed E-state index contributed by atoms with van der Waals surface area (Å²) in [6.07, 6.45) is 25.0. The number of hydrogen-bond donors (Lipinski definition) is 3. The van der Waals surface area contributed by atoms with E-state index in [4.69, 9.17) is 24.1 Å². The van der Waals surface area contributed by atoms with Crippen LogP contribution in [0.2, 0.25) is 0 Å². The van der Waals surface area contributed by atoms with Gasteiger partial charge in [-0.15, -0.1) is 0 Å². The molecule has 14 heteroatoms. The average molecular weight is 853 g/mol. The second-order valence-electron chi connectivity index (χ2n) is 14.1. The highest BCUT2D eigenvalue weighted by Gasteiger charge is 2.15. The first-order valence-electron chi connectivity index (χ1n) is 19.9. The van der Waals surface area contributed by atoms with Gasteiger partial charge in [-0.1, -0.05) is 72.9 Å². The average Bonchev–Trinajstić information content (AvgIpc) is 3.94. The Morgan fingerprint density at radius 3 is 1.27 bits per heavy atom. The van der Waals surface area contributed by atoms with Crippen molar-refractivity contribution in [2.24, 2.45) is 0 Å². The van der Waals surface area contributed by atoms with Gasteiger partial charge in [0.1, 0.15) is 17.2 Å². The number of amides is 2. The zero-order valence-electron chi connectivity index (χ0n) is 34.4. The molecule has 0 aliphatic carbocycles. The van der Waals surface area contributed by atoms with Crippen LogP contribution >= 0.6 is 0 Å². The van der Waals surface area contributed by atoms with Crippen molar-refractivity contribution in [2.75, 3.05) is 39.8 Å². The van der Waals surface area contributed by atoms with E-state index in [1.165, 1.54) is 18.9 Å². The normalized spacial score (nSPS) is 15.0. The van der Waals surface area contributed by atoms with Crippen molar-refractivity contribution < 1.29 is 60.3 Å². The van der Waals surface area contributed by atoms with Crippen LogP contribution in [0, 0.1) is 0 Å². The summed E-state index contributed by atoms with van der Waals surface area (Å²) in [4.78, 5) is 27.7. The molecule has 2 saturated heterocycles. The number of fused-ring (bicyclic) bond motifs is 2. The number of ether oxygens (including phenoxy) is 4. The first-order valence-corrected chi connectivity index (χ1v) is 19.9. The van der Waals surface area contributed by atoms with Gasteiger partial charge in [-0.05, 0) is 109 Å². The monoisotopic (exact) mass is 852 g/mol. The van der Waals surface area contributed by atoms with Crippen LogP contribution in [-0.2, 0) is 9.59 Å². The molecule has 0 bridgehead atoms. The first-order chi connectivity index (χ1) is 28.8. The smallest absolute Gasteiger partial charge is 0.246 e. The Kier molecular flexibility index (Phi) is 20.4. The highest BCUT2D eigenvalue weighted by atomic mass is 16.7. The van der Waals surface area contributed by atoms with Gasteiger partial charge in [-0.2, -0.15) is 0 Å². The van der Waals surface area contributed by atoms with Crippen molar-refractivity contribution in [3.8, 4) is 40.2 Å². The van der Waals surface area contributed by atoms with Crippen molar-refractivity contribution in [1.82, 2.24) is 9.80 Å². The standard InChI is InChI=1S/2C17H19NO3.C14H12O3.3H2O/c2*19-17(18-10-4-1-5-11-18)7-3-2-6-14-8-9-15-16(12-14)21-13-20-15;15-12-5-3-10(4-6-12)1-2-11-7-13(16)9-14(17)8-11;;;/h2*2-3,6-9,12H,1,4-5,10-11,13H2;1-9,15-17H;3*1H2/b2*6-2+,7-3+;2-1+;;;. The largest absolute Gasteiger partial charge is 0.508 e. The number of carbonyl (C=O) groups excluding carboxylic acids is 2. The van der Waals surface area contributed by atoms with Gasteiger partial charge >= 0.3 is 0 Å². The molecule has 2 amide bonds. The van der Waals surface area contributed by atoms with Gasteiger partial charge in [0.15, 0.2) is 23.0 Å². The molecule has 4 aliphatic heterocycles. The van der Waals surface area contributed by atoms with Crippen LogP contribution < -0.4 is 18.9 Å². The third kappa shape index (κ3) is 15.6. The summed E-state index contributed by atoms with van der Waals surface area (Å²) in [7, 11) is 0. The zero-order chi connectivity index (χ0) is 41.2. The van der Waals surface area contributed by atoms with Crippen LogP contribution in [0.1, 0.15) is 60.8 Å². The van der Waals surface area contributed by atoms with Gasteiger partial charge in [0.25, 0.3) is 0 Å². The number of carbonyl (C=O) groups is 2. The van der Waals surface area contributed by atoms with Crippen LogP contribution in [-0.4, -0.2) is 93.1 Å². The summed E-state index contributed by atoms with van der Waals surface area (Å²) >= 11 is 0. The Morgan fingerprint density at radius 1 is 0.419 bits per heavy atom. The fourth-order valence-corrected chi connectivity index (χ4v) is 6.57. The van der Waals surface area contributed by atoms with E-state index in [1.807, 2.05) is 76.6 Å². The number of likely N-dealkylation sites (tertiary alicyclic amines) is 2. The van der Waals surface area contributed by atoms with Crippen molar-refractivity contribution in [1.29, 1.82) is 0 Å². The lowest BCUT2D eigenvalue weighted by atomic mass is 10.1. The molecular weight excluding hydrogens is 797 g/mol. The molecular formula is C48H56N2O12. The second-order valence-corrected chi connectivity index (χ2v) is 14.1. The molecule has 330 valence electrons. The van der Waals surface area contributed by atoms with Gasteiger partial charge in [-0.25, -0.2) is 0 Å². The number of allylic oxidation sites excluding steroid dienone is 4. The molecule has 0 saturated carbocycles. The molecule has 62 heavy (non-hydrogen) atoms. The van der Waals surface area contributed by atoms with Crippen LogP contribution in [0.5, 0.6) is 40.2 Å². The minimum absolute atomic E-state index is 0. The van der Waals surface area contributed by atoms with Crippen molar-refractivity contribution in [3.05, 3.63) is 138 Å². The number of piperidine rings is 2. The number of rotatable bonds is 8. The molecule has 4 aromatic carbocycles. The predicted octanol–water partition coefficient (Wildman–Crippen LogP) is 6.49. The maximum atomic E-state index is 11.9. The van der Waals surface area contributed by atoms with E-state index in [0.29, 0.717) is 5.56 Å². The molecule has 0 atom stereocenters. The Labute approximate surface area is 361 Å². The van der Waals surface area contributed by atoms with Crippen molar-refractivity contribution in [3.63, 3.8) is 0 Å². The molecule has 4 aliphatic rings. The summed E-state index contributed by atoms with van der Waals surface area (Å²) in [6, 6.07) is 22.7. The van der Waals surface area contributed by atoms with Crippen LogP contribution in [0.3, 0.4) is 0 Å². The van der Waals surface area contributed by atoms with Gasteiger partial charge < -0.3 is 60.5 Å². The topological polar surface area (TPSA) is 233 Å². The number of nitrogens with zero attached hydrogens (tertiary/aromatic N) is 2. The third-order valence-electron chi connectivity index (χ3n) is 9.69. The van der Waals surface area contributed by atoms with Crippen LogP contribution in [0.15, 0.2) is 115 Å². The molecule has 0 radical (unpaired) electrons. The molecule has 9 N–H and O–H groups in total. The van der Waals surface area contributed by atoms with E-state index in [2.05, 4.69) is 0 Å². The molecule has 4 heterocycles. The van der Waals surface area contributed by atoms with Crippen molar-refractivity contribution >= 4 is 36.1 Å². The SMILES string of the molecule is O.O.O.O=C(/C=C/C=C/c1ccc2c(c1)OCO2)N1CCCCC1.O=C(/C=C/C=C/c1ccc2c(c1)OCO2)N1CCCCC1.Oc1ccc(/C=C/c2cc(O)cc(O)c2)cc1. The van der Waals surface area contributed by atoms with E-state index in [0.717, 1.165) is 91.6 Å². The number of phenolic OH excluding ortho intramolecular Hbond substituents is 3. The summed E-state index contributed by atoms with van der Waals surface area (Å²) in [5.74, 6) is 3.57. The lowest BCUT2D eigenvalue weighted by Gasteiger charge is -2.25. The van der Waals surface area contributed by atoms with Crippen molar-refractivity contribution in [2.45, 2.75) is 38.5 Å². The zero-order valence-corrected chi connectivity index (χ0v) is 34.4. The van der Waals surface area contributed by atoms with E-state index in [9.17, 15) is 19.8 Å². The molecule has 8 rings (SSSR count). The molecule has 14 nitrogen and oxygen atoms in total. The minimum atomic E-state index is 0. The van der Waals surface area contributed by atoms with E-state index in [1.54, 1.807) is 66.8 Å². The first kappa shape index (κ1) is 49.4. The highest BCUT2D eigenvalue weighted by Crippen LogP contribution is 2.34. The van der Waals surface area contributed by atoms with Gasteiger partial charge in [0, 0.05) is 44.4 Å². The molecule has 0 spiro atoms. The van der Waals surface area contributed by atoms with E-state index < -0.39 is 0 Å². The van der Waals surface area contributed by atoms with Gasteiger partial charge in [-0.3, -0.25) is 9.59 Å². The van der Waals surface area contributed by atoms with Crippen LogP contribution in [0.4, 0.5) is 0 Å². The second kappa shape index (κ2) is 25.6. The maximum absolute atomic E-state index is 11.9.